The summed E-state index contributed by atoms with van der Waals surface area (Å²) in [6.07, 6.45) is 0. The van der Waals surface area contributed by atoms with E-state index in [1.807, 2.05) is 0 Å². The van der Waals surface area contributed by atoms with Gasteiger partial charge < -0.3 is 5.73 Å². The van der Waals surface area contributed by atoms with Crippen LogP contribution in [-0.2, 0) is 0 Å². The molecule has 3 aromatic rings. The molecular formula is C16H14IN3. The normalized spacial score (nSPS) is 10.7. The molecule has 1 aromatic heterocycles. The van der Waals surface area contributed by atoms with E-state index in [0.717, 1.165) is 22.4 Å². The number of hydrogen-bond acceptors (Lipinski definition) is 2. The van der Waals surface area contributed by atoms with Crippen LogP contribution in [0.15, 0.2) is 48.5 Å². The molecule has 0 saturated carbocycles. The number of nitrogens with zero attached hydrogens (tertiary/aromatic N) is 1. The maximum atomic E-state index is 6.03. The number of aryl methyl sites for hydroxylation is 1. The average Bonchev–Trinajstić information content (AvgIpc) is 2.83. The van der Waals surface area contributed by atoms with Crippen LogP contribution in [0.1, 0.15) is 5.56 Å². The number of H-pyrrole nitrogens is 1. The quantitative estimate of drug-likeness (QED) is 0.659. The Labute approximate surface area is 131 Å². The molecule has 20 heavy (non-hydrogen) atoms. The van der Waals surface area contributed by atoms with Gasteiger partial charge in [-0.05, 0) is 47.2 Å². The van der Waals surface area contributed by atoms with Crippen LogP contribution in [0.25, 0.3) is 22.4 Å². The van der Waals surface area contributed by atoms with Crippen LogP contribution < -0.4 is 5.73 Å². The number of nitrogens with two attached hydrogens (primary N) is 1. The van der Waals surface area contributed by atoms with E-state index in [0.29, 0.717) is 5.82 Å². The molecule has 2 aromatic carbocycles. The van der Waals surface area contributed by atoms with Crippen LogP contribution in [0.2, 0.25) is 0 Å². The zero-order valence-electron chi connectivity index (χ0n) is 11.0. The molecule has 0 unspecified atom stereocenters. The number of nitrogen functional groups attached to an aromatic ring is 1. The fourth-order valence-corrected chi connectivity index (χ4v) is 2.55. The van der Waals surface area contributed by atoms with Gasteiger partial charge in [0.15, 0.2) is 5.82 Å². The maximum Gasteiger partial charge on any atom is 0.153 e. The van der Waals surface area contributed by atoms with Crippen molar-refractivity contribution in [2.24, 2.45) is 0 Å². The number of aromatic nitrogens is 2. The molecule has 0 amide bonds. The highest BCUT2D eigenvalue weighted by atomic mass is 127. The van der Waals surface area contributed by atoms with Gasteiger partial charge in [0.1, 0.15) is 0 Å². The topological polar surface area (TPSA) is 54.7 Å². The zero-order chi connectivity index (χ0) is 14.1. The summed E-state index contributed by atoms with van der Waals surface area (Å²) >= 11 is 2.29. The third-order valence-corrected chi connectivity index (χ3v) is 3.99. The molecule has 0 aliphatic heterocycles. The van der Waals surface area contributed by atoms with Crippen LogP contribution >= 0.6 is 22.6 Å². The minimum Gasteiger partial charge on any atom is -0.382 e. The first-order valence-electron chi connectivity index (χ1n) is 6.32. The minimum absolute atomic E-state index is 0.530. The third kappa shape index (κ3) is 2.43. The van der Waals surface area contributed by atoms with Gasteiger partial charge in [-0.2, -0.15) is 5.10 Å². The van der Waals surface area contributed by atoms with E-state index in [9.17, 15) is 0 Å². The van der Waals surface area contributed by atoms with E-state index >= 15 is 0 Å². The van der Waals surface area contributed by atoms with E-state index in [4.69, 9.17) is 5.73 Å². The van der Waals surface area contributed by atoms with Gasteiger partial charge in [0.2, 0.25) is 0 Å². The fraction of sp³-hybridized carbons (Fsp3) is 0.0625. The minimum atomic E-state index is 0.530. The largest absolute Gasteiger partial charge is 0.382 e. The number of halogens is 1. The second-order valence-electron chi connectivity index (χ2n) is 4.73. The smallest absolute Gasteiger partial charge is 0.153 e. The number of hydrogen-bond donors (Lipinski definition) is 2. The van der Waals surface area contributed by atoms with Gasteiger partial charge in [0.05, 0.1) is 11.3 Å². The Morgan fingerprint density at radius 3 is 2.20 bits per heavy atom. The Morgan fingerprint density at radius 1 is 0.950 bits per heavy atom. The monoisotopic (exact) mass is 375 g/mol. The number of rotatable bonds is 2. The second-order valence-corrected chi connectivity index (χ2v) is 5.98. The van der Waals surface area contributed by atoms with E-state index in [1.54, 1.807) is 0 Å². The molecule has 100 valence electrons. The lowest BCUT2D eigenvalue weighted by atomic mass is 10.00. The molecule has 3 N–H and O–H groups in total. The number of nitrogens with one attached hydrogen (secondary N) is 1. The Bertz CT molecular complexity index is 727. The van der Waals surface area contributed by atoms with E-state index in [-0.39, 0.29) is 0 Å². The summed E-state index contributed by atoms with van der Waals surface area (Å²) in [5.41, 5.74) is 11.4. The molecule has 4 heteroatoms. The van der Waals surface area contributed by atoms with Gasteiger partial charge in [-0.25, -0.2) is 0 Å². The van der Waals surface area contributed by atoms with Crippen molar-refractivity contribution in [2.45, 2.75) is 6.92 Å². The Kier molecular flexibility index (Phi) is 3.48. The van der Waals surface area contributed by atoms with Crippen molar-refractivity contribution in [3.63, 3.8) is 0 Å². The van der Waals surface area contributed by atoms with Crippen LogP contribution in [0.5, 0.6) is 0 Å². The summed E-state index contributed by atoms with van der Waals surface area (Å²) in [5, 5.41) is 7.21. The third-order valence-electron chi connectivity index (χ3n) is 3.27. The predicted molar refractivity (Wildman–Crippen MR) is 91.3 cm³/mol. The Balaban J connectivity index is 2.14. The summed E-state index contributed by atoms with van der Waals surface area (Å²) in [5.74, 6) is 0.530. The predicted octanol–water partition coefficient (Wildman–Crippen LogP) is 4.24. The average molecular weight is 375 g/mol. The Hall–Kier alpha value is -1.82. The lowest BCUT2D eigenvalue weighted by Gasteiger charge is -2.05. The molecule has 0 aliphatic carbocycles. The van der Waals surface area contributed by atoms with Gasteiger partial charge in [0.25, 0.3) is 0 Å². The first-order valence-corrected chi connectivity index (χ1v) is 7.40. The molecule has 0 aliphatic rings. The van der Waals surface area contributed by atoms with E-state index < -0.39 is 0 Å². The van der Waals surface area contributed by atoms with Crippen molar-refractivity contribution in [3.8, 4) is 22.4 Å². The van der Waals surface area contributed by atoms with Crippen LogP contribution in [0, 0.1) is 10.5 Å². The van der Waals surface area contributed by atoms with Crippen molar-refractivity contribution in [1.82, 2.24) is 10.2 Å². The first-order chi connectivity index (χ1) is 9.65. The summed E-state index contributed by atoms with van der Waals surface area (Å²) in [7, 11) is 0. The lowest BCUT2D eigenvalue weighted by Crippen LogP contribution is -1.89. The van der Waals surface area contributed by atoms with E-state index in [1.165, 1.54) is 9.13 Å². The molecule has 0 spiro atoms. The van der Waals surface area contributed by atoms with Gasteiger partial charge in [0, 0.05) is 9.13 Å². The molecule has 0 atom stereocenters. The SMILES string of the molecule is Cc1ccc(-c2c(N)n[nH]c2-c2ccc(I)cc2)cc1. The molecule has 3 rings (SSSR count). The highest BCUT2D eigenvalue weighted by Crippen LogP contribution is 2.34. The molecule has 0 bridgehead atoms. The standard InChI is InChI=1S/C16H14IN3/c1-10-2-4-11(5-3-10)14-15(19-20-16(14)18)12-6-8-13(17)9-7-12/h2-9H,1H3,(H3,18,19,20). The highest BCUT2D eigenvalue weighted by Gasteiger charge is 2.14. The highest BCUT2D eigenvalue weighted by molar-refractivity contribution is 14.1. The second kappa shape index (κ2) is 5.28. The summed E-state index contributed by atoms with van der Waals surface area (Å²) < 4.78 is 1.20. The van der Waals surface area contributed by atoms with Crippen molar-refractivity contribution >= 4 is 28.4 Å². The van der Waals surface area contributed by atoms with Crippen molar-refractivity contribution in [2.75, 3.05) is 5.73 Å². The van der Waals surface area contributed by atoms with Gasteiger partial charge in [-0.15, -0.1) is 0 Å². The summed E-state index contributed by atoms with van der Waals surface area (Å²) in [6.45, 7) is 2.07. The molecule has 0 radical (unpaired) electrons. The molecule has 0 fully saturated rings. The molecule has 0 saturated heterocycles. The molecule has 1 heterocycles. The number of anilines is 1. The van der Waals surface area contributed by atoms with Crippen LogP contribution in [-0.4, -0.2) is 10.2 Å². The van der Waals surface area contributed by atoms with Crippen LogP contribution in [0.4, 0.5) is 5.82 Å². The van der Waals surface area contributed by atoms with Crippen molar-refractivity contribution in [1.29, 1.82) is 0 Å². The Morgan fingerprint density at radius 2 is 1.55 bits per heavy atom. The fourth-order valence-electron chi connectivity index (χ4n) is 2.19. The number of aromatic amines is 1. The number of benzene rings is 2. The van der Waals surface area contributed by atoms with Gasteiger partial charge >= 0.3 is 0 Å². The molecule has 3 nitrogen and oxygen atoms in total. The zero-order valence-corrected chi connectivity index (χ0v) is 13.2. The van der Waals surface area contributed by atoms with Crippen LogP contribution in [0.3, 0.4) is 0 Å². The summed E-state index contributed by atoms with van der Waals surface area (Å²) in [4.78, 5) is 0. The van der Waals surface area contributed by atoms with E-state index in [2.05, 4.69) is 88.2 Å². The van der Waals surface area contributed by atoms with Crippen molar-refractivity contribution < 1.29 is 0 Å². The summed E-state index contributed by atoms with van der Waals surface area (Å²) in [6, 6.07) is 16.6. The maximum absolute atomic E-state index is 6.03. The van der Waals surface area contributed by atoms with Gasteiger partial charge in [-0.1, -0.05) is 42.0 Å². The lowest BCUT2D eigenvalue weighted by molar-refractivity contribution is 1.10. The van der Waals surface area contributed by atoms with Gasteiger partial charge in [-0.3, -0.25) is 5.10 Å². The van der Waals surface area contributed by atoms with Crippen molar-refractivity contribution in [3.05, 3.63) is 57.7 Å². The molecular weight excluding hydrogens is 361 g/mol. The first kappa shape index (κ1) is 13.2.